The number of amides is 2. The van der Waals surface area contributed by atoms with Gasteiger partial charge in [-0.15, -0.1) is 0 Å². The summed E-state index contributed by atoms with van der Waals surface area (Å²) in [6.45, 7) is 6.88. The van der Waals surface area contributed by atoms with E-state index in [1.165, 1.54) is 0 Å². The van der Waals surface area contributed by atoms with E-state index in [0.717, 1.165) is 41.4 Å². The molecule has 1 aliphatic rings. The van der Waals surface area contributed by atoms with Crippen molar-refractivity contribution >= 4 is 22.6 Å². The predicted octanol–water partition coefficient (Wildman–Crippen LogP) is 4.11. The van der Waals surface area contributed by atoms with Gasteiger partial charge >= 0.3 is 0 Å². The van der Waals surface area contributed by atoms with Crippen LogP contribution in [0.4, 0.5) is 0 Å². The molecule has 0 unspecified atom stereocenters. The Morgan fingerprint density at radius 1 is 1.09 bits per heavy atom. The Balaban J connectivity index is 1.40. The zero-order valence-corrected chi connectivity index (χ0v) is 19.9. The first kappa shape index (κ1) is 23.8. The summed E-state index contributed by atoms with van der Waals surface area (Å²) in [6.07, 6.45) is 4.23. The lowest BCUT2D eigenvalue weighted by atomic mass is 9.89. The van der Waals surface area contributed by atoms with Crippen molar-refractivity contribution < 1.29 is 14.3 Å². The average Bonchev–Trinajstić information content (AvgIpc) is 2.87. The van der Waals surface area contributed by atoms with Crippen LogP contribution in [0.3, 0.4) is 0 Å². The summed E-state index contributed by atoms with van der Waals surface area (Å²) in [7, 11) is 0. The third-order valence-corrected chi connectivity index (χ3v) is 6.21. The number of hydrogen-bond acceptors (Lipinski definition) is 5. The molecule has 0 aliphatic carbocycles. The second kappa shape index (κ2) is 11.2. The molecule has 7 nitrogen and oxygen atoms in total. The number of carbonyl (C=O) groups excluding carboxylic acids is 2. The Hall–Kier alpha value is -3.32. The van der Waals surface area contributed by atoms with E-state index in [9.17, 15) is 9.59 Å². The van der Waals surface area contributed by atoms with E-state index in [1.807, 2.05) is 54.3 Å². The molecule has 1 saturated heterocycles. The van der Waals surface area contributed by atoms with Gasteiger partial charge in [0.25, 0.3) is 11.8 Å². The average molecular weight is 461 g/mol. The summed E-state index contributed by atoms with van der Waals surface area (Å²) in [5, 5.41) is 4.97. The summed E-state index contributed by atoms with van der Waals surface area (Å²) in [5.74, 6) is -0.0430. The fraction of sp³-hybridized carbons (Fsp3) is 0.407. The number of nitrogens with one attached hydrogen (secondary N) is 1. The van der Waals surface area contributed by atoms with Gasteiger partial charge in [-0.3, -0.25) is 19.6 Å². The quantitative estimate of drug-likeness (QED) is 0.512. The van der Waals surface area contributed by atoms with Gasteiger partial charge in [0.1, 0.15) is 5.69 Å². The van der Waals surface area contributed by atoms with Gasteiger partial charge in [0.05, 0.1) is 17.9 Å². The van der Waals surface area contributed by atoms with Gasteiger partial charge in [-0.05, 0) is 49.8 Å². The minimum Gasteiger partial charge on any atom is -0.380 e. The molecule has 2 aromatic heterocycles. The molecule has 0 saturated carbocycles. The molecule has 0 bridgehead atoms. The number of ether oxygens (including phenoxy) is 1. The van der Waals surface area contributed by atoms with Crippen LogP contribution in [-0.4, -0.2) is 59.5 Å². The highest BCUT2D eigenvalue weighted by atomic mass is 16.5. The molecule has 1 aliphatic heterocycles. The number of fused-ring (bicyclic) bond motifs is 1. The molecular formula is C27H32N4O3. The SMILES string of the molecule is CCCOCCNC(=O)c1ccc(C)nc1C1CCN(C(=O)c2cc3ccccc3cn2)CC1. The molecule has 0 spiro atoms. The van der Waals surface area contributed by atoms with Crippen LogP contribution in [-0.2, 0) is 4.74 Å². The second-order valence-corrected chi connectivity index (χ2v) is 8.74. The highest BCUT2D eigenvalue weighted by molar-refractivity contribution is 5.97. The number of benzene rings is 1. The standard InChI is InChI=1S/C27H32N4O3/c1-3-15-34-16-12-28-26(32)23-9-8-19(2)30-25(23)20-10-13-31(14-11-20)27(33)24-17-21-6-4-5-7-22(21)18-29-24/h4-9,17-18,20H,3,10-16H2,1-2H3,(H,28,32). The van der Waals surface area contributed by atoms with Gasteiger partial charge in [0.15, 0.2) is 0 Å². The normalized spacial score (nSPS) is 14.4. The number of nitrogens with zero attached hydrogens (tertiary/aromatic N) is 3. The predicted molar refractivity (Wildman–Crippen MR) is 132 cm³/mol. The first-order valence-corrected chi connectivity index (χ1v) is 12.0. The molecule has 1 aromatic carbocycles. The van der Waals surface area contributed by atoms with Crippen LogP contribution >= 0.6 is 0 Å². The lowest BCUT2D eigenvalue weighted by molar-refractivity contribution is 0.0704. The van der Waals surface area contributed by atoms with E-state index in [4.69, 9.17) is 9.72 Å². The molecule has 0 atom stereocenters. The molecule has 1 fully saturated rings. The Labute approximate surface area is 200 Å². The first-order chi connectivity index (χ1) is 16.6. The first-order valence-electron chi connectivity index (χ1n) is 12.0. The van der Waals surface area contributed by atoms with Crippen molar-refractivity contribution in [2.24, 2.45) is 0 Å². The molecule has 3 aromatic rings. The monoisotopic (exact) mass is 460 g/mol. The number of likely N-dealkylation sites (tertiary alicyclic amines) is 1. The van der Waals surface area contributed by atoms with E-state index < -0.39 is 0 Å². The van der Waals surface area contributed by atoms with Crippen molar-refractivity contribution in [1.82, 2.24) is 20.2 Å². The summed E-state index contributed by atoms with van der Waals surface area (Å²) in [4.78, 5) is 36.9. The fourth-order valence-corrected chi connectivity index (χ4v) is 4.38. The Kier molecular flexibility index (Phi) is 7.85. The Morgan fingerprint density at radius 2 is 1.85 bits per heavy atom. The Bertz CT molecular complexity index is 1160. The number of aromatic nitrogens is 2. The van der Waals surface area contributed by atoms with Crippen molar-refractivity contribution in [1.29, 1.82) is 0 Å². The molecule has 0 radical (unpaired) electrons. The zero-order chi connectivity index (χ0) is 23.9. The molecule has 7 heteroatoms. The maximum Gasteiger partial charge on any atom is 0.272 e. The van der Waals surface area contributed by atoms with Crippen molar-refractivity contribution in [2.75, 3.05) is 32.8 Å². The van der Waals surface area contributed by atoms with Crippen molar-refractivity contribution in [3.05, 3.63) is 71.3 Å². The van der Waals surface area contributed by atoms with Crippen LogP contribution in [0.2, 0.25) is 0 Å². The summed E-state index contributed by atoms with van der Waals surface area (Å²) in [6, 6.07) is 13.5. The molecule has 1 N–H and O–H groups in total. The highest BCUT2D eigenvalue weighted by Crippen LogP contribution is 2.30. The third kappa shape index (κ3) is 5.59. The maximum atomic E-state index is 13.1. The minimum atomic E-state index is -0.124. The molecule has 2 amide bonds. The lowest BCUT2D eigenvalue weighted by Crippen LogP contribution is -2.39. The van der Waals surface area contributed by atoms with Crippen LogP contribution in [0.15, 0.2) is 48.7 Å². The van der Waals surface area contributed by atoms with Crippen LogP contribution in [0.5, 0.6) is 0 Å². The lowest BCUT2D eigenvalue weighted by Gasteiger charge is -2.32. The smallest absolute Gasteiger partial charge is 0.272 e. The largest absolute Gasteiger partial charge is 0.380 e. The van der Waals surface area contributed by atoms with Gasteiger partial charge in [0.2, 0.25) is 0 Å². The van der Waals surface area contributed by atoms with Crippen LogP contribution in [0.1, 0.15) is 64.3 Å². The third-order valence-electron chi connectivity index (χ3n) is 6.21. The van der Waals surface area contributed by atoms with Gasteiger partial charge < -0.3 is 15.0 Å². The molecule has 34 heavy (non-hydrogen) atoms. The molecule has 4 rings (SSSR count). The van der Waals surface area contributed by atoms with Crippen molar-refractivity contribution in [3.63, 3.8) is 0 Å². The van der Waals surface area contributed by atoms with E-state index in [1.54, 1.807) is 6.20 Å². The van der Waals surface area contributed by atoms with Gasteiger partial charge in [0, 0.05) is 49.4 Å². The maximum absolute atomic E-state index is 13.1. The van der Waals surface area contributed by atoms with E-state index in [-0.39, 0.29) is 17.7 Å². The highest BCUT2D eigenvalue weighted by Gasteiger charge is 2.28. The fourth-order valence-electron chi connectivity index (χ4n) is 4.38. The topological polar surface area (TPSA) is 84.4 Å². The van der Waals surface area contributed by atoms with Crippen LogP contribution < -0.4 is 5.32 Å². The van der Waals surface area contributed by atoms with Crippen LogP contribution in [0, 0.1) is 6.92 Å². The molecular weight excluding hydrogens is 428 g/mol. The summed E-state index contributed by atoms with van der Waals surface area (Å²) >= 11 is 0. The minimum absolute atomic E-state index is 0.0496. The van der Waals surface area contributed by atoms with E-state index in [0.29, 0.717) is 44.1 Å². The molecule has 3 heterocycles. The van der Waals surface area contributed by atoms with Gasteiger partial charge in [-0.1, -0.05) is 31.2 Å². The van der Waals surface area contributed by atoms with Gasteiger partial charge in [-0.2, -0.15) is 0 Å². The second-order valence-electron chi connectivity index (χ2n) is 8.74. The van der Waals surface area contributed by atoms with Crippen molar-refractivity contribution in [3.8, 4) is 0 Å². The van der Waals surface area contributed by atoms with Gasteiger partial charge in [-0.25, -0.2) is 0 Å². The number of rotatable bonds is 8. The number of carbonyl (C=O) groups is 2. The number of pyridine rings is 2. The molecule has 178 valence electrons. The summed E-state index contributed by atoms with van der Waals surface area (Å²) < 4.78 is 5.46. The van der Waals surface area contributed by atoms with Crippen molar-refractivity contribution in [2.45, 2.75) is 39.0 Å². The number of aryl methyl sites for hydroxylation is 1. The Morgan fingerprint density at radius 3 is 2.62 bits per heavy atom. The summed E-state index contributed by atoms with van der Waals surface area (Å²) in [5.41, 5.74) is 2.79. The van der Waals surface area contributed by atoms with E-state index >= 15 is 0 Å². The van der Waals surface area contributed by atoms with E-state index in [2.05, 4.69) is 17.2 Å². The number of hydrogen-bond donors (Lipinski definition) is 1. The number of piperidine rings is 1. The zero-order valence-electron chi connectivity index (χ0n) is 19.9. The van der Waals surface area contributed by atoms with Crippen LogP contribution in [0.25, 0.3) is 10.8 Å².